The second kappa shape index (κ2) is 5.13. The van der Waals surface area contributed by atoms with Crippen LogP contribution >= 0.6 is 0 Å². The number of esters is 1. The highest BCUT2D eigenvalue weighted by molar-refractivity contribution is 5.71. The molecule has 0 aliphatic carbocycles. The van der Waals surface area contributed by atoms with Crippen LogP contribution in [0.5, 0.6) is 0 Å². The Morgan fingerprint density at radius 1 is 1.45 bits per heavy atom. The maximum atomic E-state index is 10.9. The Hall–Kier alpha value is -0.570. The topological polar surface area (TPSA) is 38.3 Å². The Labute approximate surface area is 68.1 Å². The standard InChI is InChI=1S/C8H17NO2/c1-6(2)8(10)11-5-7(3)9-4/h6-7,9H,5H2,1-4H3. The molecule has 0 rings (SSSR count). The predicted molar refractivity (Wildman–Crippen MR) is 44.3 cm³/mol. The lowest BCUT2D eigenvalue weighted by atomic mass is 10.2. The number of nitrogens with one attached hydrogen (secondary N) is 1. The van der Waals surface area contributed by atoms with E-state index in [-0.39, 0.29) is 17.9 Å². The molecule has 1 unspecified atom stereocenters. The van der Waals surface area contributed by atoms with Gasteiger partial charge in [0.25, 0.3) is 0 Å². The number of ether oxygens (including phenoxy) is 1. The molecule has 0 aromatic heterocycles. The quantitative estimate of drug-likeness (QED) is 0.616. The zero-order valence-corrected chi connectivity index (χ0v) is 7.68. The number of hydrogen-bond acceptors (Lipinski definition) is 3. The molecule has 0 bridgehead atoms. The molecule has 0 spiro atoms. The summed E-state index contributed by atoms with van der Waals surface area (Å²) in [4.78, 5) is 10.9. The summed E-state index contributed by atoms with van der Waals surface area (Å²) in [6, 6.07) is 0.234. The van der Waals surface area contributed by atoms with Crippen molar-refractivity contribution in [1.82, 2.24) is 5.32 Å². The van der Waals surface area contributed by atoms with E-state index in [4.69, 9.17) is 4.74 Å². The van der Waals surface area contributed by atoms with Crippen LogP contribution in [-0.4, -0.2) is 25.7 Å². The summed E-state index contributed by atoms with van der Waals surface area (Å²) in [6.07, 6.45) is 0. The summed E-state index contributed by atoms with van der Waals surface area (Å²) < 4.78 is 4.95. The molecular formula is C8H17NO2. The van der Waals surface area contributed by atoms with E-state index < -0.39 is 0 Å². The van der Waals surface area contributed by atoms with Crippen molar-refractivity contribution < 1.29 is 9.53 Å². The minimum absolute atomic E-state index is 0.0287. The zero-order valence-electron chi connectivity index (χ0n) is 7.68. The number of hydrogen-bond donors (Lipinski definition) is 1. The first kappa shape index (κ1) is 10.4. The van der Waals surface area contributed by atoms with E-state index in [1.807, 2.05) is 27.8 Å². The highest BCUT2D eigenvalue weighted by atomic mass is 16.5. The summed E-state index contributed by atoms with van der Waals surface area (Å²) >= 11 is 0. The van der Waals surface area contributed by atoms with Gasteiger partial charge in [-0.2, -0.15) is 0 Å². The van der Waals surface area contributed by atoms with Crippen LogP contribution in [0.1, 0.15) is 20.8 Å². The lowest BCUT2D eigenvalue weighted by molar-refractivity contribution is -0.147. The van der Waals surface area contributed by atoms with Crippen molar-refractivity contribution in [2.45, 2.75) is 26.8 Å². The first-order valence-electron chi connectivity index (χ1n) is 3.91. The average Bonchev–Trinajstić information content (AvgIpc) is 1.99. The Bertz CT molecular complexity index is 123. The van der Waals surface area contributed by atoms with Gasteiger partial charge < -0.3 is 10.1 Å². The molecule has 0 radical (unpaired) electrons. The lowest BCUT2D eigenvalue weighted by Crippen LogP contribution is -2.29. The van der Waals surface area contributed by atoms with Gasteiger partial charge in [-0.25, -0.2) is 0 Å². The van der Waals surface area contributed by atoms with Gasteiger partial charge in [0.15, 0.2) is 0 Å². The van der Waals surface area contributed by atoms with Crippen LogP contribution in [0.2, 0.25) is 0 Å². The van der Waals surface area contributed by atoms with Gasteiger partial charge in [0, 0.05) is 6.04 Å². The van der Waals surface area contributed by atoms with Crippen molar-refractivity contribution in [3.05, 3.63) is 0 Å². The smallest absolute Gasteiger partial charge is 0.308 e. The predicted octanol–water partition coefficient (Wildman–Crippen LogP) is 0.793. The number of carbonyl (C=O) groups excluding carboxylic acids is 1. The molecule has 11 heavy (non-hydrogen) atoms. The Balaban J connectivity index is 3.46. The first-order chi connectivity index (χ1) is 5.07. The molecule has 0 heterocycles. The van der Waals surface area contributed by atoms with Crippen molar-refractivity contribution in [1.29, 1.82) is 0 Å². The molecule has 66 valence electrons. The van der Waals surface area contributed by atoms with E-state index in [9.17, 15) is 4.79 Å². The highest BCUT2D eigenvalue weighted by Gasteiger charge is 2.09. The van der Waals surface area contributed by atoms with Crippen LogP contribution in [-0.2, 0) is 9.53 Å². The van der Waals surface area contributed by atoms with Gasteiger partial charge in [0.05, 0.1) is 5.92 Å². The Morgan fingerprint density at radius 3 is 2.36 bits per heavy atom. The summed E-state index contributed by atoms with van der Waals surface area (Å²) in [5, 5.41) is 2.98. The molecule has 0 saturated carbocycles. The van der Waals surface area contributed by atoms with Gasteiger partial charge in [-0.3, -0.25) is 4.79 Å². The normalized spacial score (nSPS) is 13.2. The maximum Gasteiger partial charge on any atom is 0.308 e. The van der Waals surface area contributed by atoms with Crippen LogP contribution in [0, 0.1) is 5.92 Å². The molecule has 0 aliphatic rings. The van der Waals surface area contributed by atoms with Crippen LogP contribution in [0.25, 0.3) is 0 Å². The number of likely N-dealkylation sites (N-methyl/N-ethyl adjacent to an activating group) is 1. The second-order valence-electron chi connectivity index (χ2n) is 2.97. The van der Waals surface area contributed by atoms with Gasteiger partial charge in [-0.15, -0.1) is 0 Å². The van der Waals surface area contributed by atoms with Gasteiger partial charge in [-0.05, 0) is 14.0 Å². The van der Waals surface area contributed by atoms with Gasteiger partial charge in [-0.1, -0.05) is 13.8 Å². The minimum Gasteiger partial charge on any atom is -0.464 e. The van der Waals surface area contributed by atoms with Crippen molar-refractivity contribution in [2.75, 3.05) is 13.7 Å². The molecule has 0 saturated heterocycles. The molecular weight excluding hydrogens is 142 g/mol. The third-order valence-electron chi connectivity index (χ3n) is 1.44. The summed E-state index contributed by atoms with van der Waals surface area (Å²) in [5.74, 6) is -0.161. The van der Waals surface area contributed by atoms with Crippen molar-refractivity contribution in [2.24, 2.45) is 5.92 Å². The van der Waals surface area contributed by atoms with Gasteiger partial charge >= 0.3 is 5.97 Å². The fourth-order valence-corrected chi connectivity index (χ4v) is 0.457. The van der Waals surface area contributed by atoms with Crippen LogP contribution in [0.3, 0.4) is 0 Å². The zero-order chi connectivity index (χ0) is 8.85. The lowest BCUT2D eigenvalue weighted by Gasteiger charge is -2.11. The molecule has 0 aliphatic heterocycles. The SMILES string of the molecule is CNC(C)COC(=O)C(C)C. The summed E-state index contributed by atoms with van der Waals surface area (Å²) in [5.41, 5.74) is 0. The average molecular weight is 159 g/mol. The highest BCUT2D eigenvalue weighted by Crippen LogP contribution is 1.96. The van der Waals surface area contributed by atoms with Crippen LogP contribution in [0.15, 0.2) is 0 Å². The van der Waals surface area contributed by atoms with E-state index in [0.717, 1.165) is 0 Å². The van der Waals surface area contributed by atoms with Gasteiger partial charge in [0.2, 0.25) is 0 Å². The second-order valence-corrected chi connectivity index (χ2v) is 2.97. The van der Waals surface area contributed by atoms with E-state index in [0.29, 0.717) is 6.61 Å². The number of rotatable bonds is 4. The van der Waals surface area contributed by atoms with Gasteiger partial charge in [0.1, 0.15) is 6.61 Å². The van der Waals surface area contributed by atoms with Crippen molar-refractivity contribution in [3.8, 4) is 0 Å². The number of carbonyl (C=O) groups is 1. The third kappa shape index (κ3) is 4.79. The molecule has 0 aromatic carbocycles. The van der Waals surface area contributed by atoms with Crippen LogP contribution < -0.4 is 5.32 Å². The Morgan fingerprint density at radius 2 is 2.00 bits per heavy atom. The molecule has 0 fully saturated rings. The summed E-state index contributed by atoms with van der Waals surface area (Å²) in [6.45, 7) is 6.07. The van der Waals surface area contributed by atoms with Crippen molar-refractivity contribution >= 4 is 5.97 Å². The molecule has 1 N–H and O–H groups in total. The van der Waals surface area contributed by atoms with Crippen LogP contribution in [0.4, 0.5) is 0 Å². The molecule has 3 heteroatoms. The van der Waals surface area contributed by atoms with E-state index >= 15 is 0 Å². The maximum absolute atomic E-state index is 10.9. The van der Waals surface area contributed by atoms with E-state index in [1.165, 1.54) is 0 Å². The molecule has 0 amide bonds. The monoisotopic (exact) mass is 159 g/mol. The largest absolute Gasteiger partial charge is 0.464 e. The molecule has 1 atom stereocenters. The fraction of sp³-hybridized carbons (Fsp3) is 0.875. The first-order valence-corrected chi connectivity index (χ1v) is 3.91. The summed E-state index contributed by atoms with van der Waals surface area (Å²) in [7, 11) is 1.84. The van der Waals surface area contributed by atoms with Crippen molar-refractivity contribution in [3.63, 3.8) is 0 Å². The minimum atomic E-state index is -0.132. The Kier molecular flexibility index (Phi) is 4.86. The fourth-order valence-electron chi connectivity index (χ4n) is 0.457. The van der Waals surface area contributed by atoms with E-state index in [1.54, 1.807) is 0 Å². The molecule has 0 aromatic rings. The third-order valence-corrected chi connectivity index (χ3v) is 1.44. The molecule has 3 nitrogen and oxygen atoms in total. The van der Waals surface area contributed by atoms with E-state index in [2.05, 4.69) is 5.32 Å².